The van der Waals surface area contributed by atoms with E-state index >= 15 is 0 Å². The molecule has 0 aliphatic heterocycles. The van der Waals surface area contributed by atoms with Gasteiger partial charge in [-0.3, -0.25) is 5.41 Å². The van der Waals surface area contributed by atoms with Crippen molar-refractivity contribution in [1.29, 1.82) is 5.41 Å². The van der Waals surface area contributed by atoms with Crippen molar-refractivity contribution in [2.45, 2.75) is 19.8 Å². The van der Waals surface area contributed by atoms with E-state index in [4.69, 9.17) is 15.9 Å². The number of rotatable bonds is 5. The van der Waals surface area contributed by atoms with Gasteiger partial charge in [0.25, 0.3) is 0 Å². The topological polar surface area (TPSA) is 59.1 Å². The van der Waals surface area contributed by atoms with Gasteiger partial charge >= 0.3 is 0 Å². The summed E-state index contributed by atoms with van der Waals surface area (Å²) >= 11 is 0. The van der Waals surface area contributed by atoms with Crippen LogP contribution in [0.1, 0.15) is 18.9 Å². The van der Waals surface area contributed by atoms with E-state index in [-0.39, 0.29) is 5.84 Å². The highest BCUT2D eigenvalue weighted by molar-refractivity contribution is 5.76. The average Bonchev–Trinajstić information content (AvgIpc) is 2.18. The quantitative estimate of drug-likeness (QED) is 0.553. The largest absolute Gasteiger partial charge is 0.493 e. The summed E-state index contributed by atoms with van der Waals surface area (Å²) in [6.45, 7) is 2.58. The lowest BCUT2D eigenvalue weighted by Gasteiger charge is -2.06. The van der Waals surface area contributed by atoms with Crippen molar-refractivity contribution in [2.75, 3.05) is 6.61 Å². The highest BCUT2D eigenvalue weighted by Gasteiger charge is 1.96. The van der Waals surface area contributed by atoms with Gasteiger partial charge < -0.3 is 10.5 Å². The Morgan fingerprint density at radius 1 is 1.50 bits per heavy atom. The lowest BCUT2D eigenvalue weighted by atomic mass is 10.2. The number of amidine groups is 1. The number of nitrogens with two attached hydrogens (primary N) is 1. The van der Waals surface area contributed by atoms with Crippen molar-refractivity contribution < 1.29 is 4.74 Å². The van der Waals surface area contributed by atoms with Crippen molar-refractivity contribution in [3.63, 3.8) is 0 Å². The van der Waals surface area contributed by atoms with Crippen LogP contribution in [0.25, 0.3) is 0 Å². The van der Waals surface area contributed by atoms with Crippen molar-refractivity contribution in [1.82, 2.24) is 0 Å². The molecule has 0 heterocycles. The number of nitrogens with one attached hydrogen (secondary N) is 1. The SMILES string of the molecule is CCc1cccc(OCCC(=N)N)c1. The molecule has 0 bridgehead atoms. The fraction of sp³-hybridized carbons (Fsp3) is 0.364. The third kappa shape index (κ3) is 3.47. The van der Waals surface area contributed by atoms with Gasteiger partial charge in [-0.1, -0.05) is 19.1 Å². The molecule has 0 aromatic heterocycles. The van der Waals surface area contributed by atoms with Gasteiger partial charge in [-0.05, 0) is 24.1 Å². The van der Waals surface area contributed by atoms with Gasteiger partial charge in [-0.15, -0.1) is 0 Å². The molecule has 3 nitrogen and oxygen atoms in total. The van der Waals surface area contributed by atoms with Gasteiger partial charge in [0.15, 0.2) is 0 Å². The molecule has 3 heteroatoms. The zero-order valence-corrected chi connectivity index (χ0v) is 8.42. The van der Waals surface area contributed by atoms with Crippen molar-refractivity contribution in [3.8, 4) is 5.75 Å². The minimum absolute atomic E-state index is 0.164. The first-order chi connectivity index (χ1) is 6.72. The second kappa shape index (κ2) is 5.27. The number of aryl methyl sites for hydroxylation is 1. The van der Waals surface area contributed by atoms with Crippen molar-refractivity contribution in [3.05, 3.63) is 29.8 Å². The number of hydrogen-bond acceptors (Lipinski definition) is 2. The molecule has 0 saturated carbocycles. The predicted octanol–water partition coefficient (Wildman–Crippen LogP) is 1.95. The van der Waals surface area contributed by atoms with Crippen LogP contribution < -0.4 is 10.5 Å². The Balaban J connectivity index is 2.46. The van der Waals surface area contributed by atoms with E-state index in [2.05, 4.69) is 13.0 Å². The van der Waals surface area contributed by atoms with Crippen LogP contribution in [0.5, 0.6) is 5.75 Å². The van der Waals surface area contributed by atoms with Gasteiger partial charge in [-0.2, -0.15) is 0 Å². The molecule has 1 aromatic carbocycles. The standard InChI is InChI=1S/C11H16N2O/c1-2-9-4-3-5-10(8-9)14-7-6-11(12)13/h3-5,8H,2,6-7H2,1H3,(H3,12,13). The normalized spacial score (nSPS) is 9.79. The predicted molar refractivity (Wildman–Crippen MR) is 57.8 cm³/mol. The lowest BCUT2D eigenvalue weighted by molar-refractivity contribution is 0.328. The summed E-state index contributed by atoms with van der Waals surface area (Å²) in [5.74, 6) is 1.02. The van der Waals surface area contributed by atoms with Gasteiger partial charge in [-0.25, -0.2) is 0 Å². The van der Waals surface area contributed by atoms with E-state index in [9.17, 15) is 0 Å². The van der Waals surface area contributed by atoms with Gasteiger partial charge in [0.2, 0.25) is 0 Å². The maximum absolute atomic E-state index is 7.04. The van der Waals surface area contributed by atoms with E-state index in [0.717, 1.165) is 12.2 Å². The van der Waals surface area contributed by atoms with Gasteiger partial charge in [0.05, 0.1) is 12.4 Å². The maximum atomic E-state index is 7.04. The molecule has 0 spiro atoms. The maximum Gasteiger partial charge on any atom is 0.119 e. The van der Waals surface area contributed by atoms with Crippen LogP contribution in [0.3, 0.4) is 0 Å². The zero-order valence-electron chi connectivity index (χ0n) is 8.42. The van der Waals surface area contributed by atoms with E-state index in [1.165, 1.54) is 5.56 Å². The van der Waals surface area contributed by atoms with Crippen molar-refractivity contribution in [2.24, 2.45) is 5.73 Å². The molecule has 1 rings (SSSR count). The van der Waals surface area contributed by atoms with E-state index in [0.29, 0.717) is 13.0 Å². The van der Waals surface area contributed by atoms with Crippen LogP contribution in [-0.4, -0.2) is 12.4 Å². The first-order valence-electron chi connectivity index (χ1n) is 4.77. The molecule has 3 N–H and O–H groups in total. The molecular formula is C11H16N2O. The first-order valence-corrected chi connectivity index (χ1v) is 4.77. The fourth-order valence-corrected chi connectivity index (χ4v) is 1.13. The second-order valence-electron chi connectivity index (χ2n) is 3.12. The summed E-state index contributed by atoms with van der Waals surface area (Å²) in [6.07, 6.45) is 1.49. The molecule has 0 fully saturated rings. The molecule has 0 aliphatic carbocycles. The minimum atomic E-state index is 0.164. The monoisotopic (exact) mass is 192 g/mol. The highest BCUT2D eigenvalue weighted by Crippen LogP contribution is 2.13. The summed E-state index contributed by atoms with van der Waals surface area (Å²) in [4.78, 5) is 0. The summed E-state index contributed by atoms with van der Waals surface area (Å²) in [7, 11) is 0. The van der Waals surface area contributed by atoms with Crippen LogP contribution in [0.2, 0.25) is 0 Å². The zero-order chi connectivity index (χ0) is 10.4. The van der Waals surface area contributed by atoms with Crippen LogP contribution in [0, 0.1) is 5.41 Å². The first kappa shape index (κ1) is 10.6. The summed E-state index contributed by atoms with van der Waals surface area (Å²) in [5.41, 5.74) is 6.47. The van der Waals surface area contributed by atoms with Crippen LogP contribution in [0.15, 0.2) is 24.3 Å². The Bertz CT molecular complexity index is 310. The number of ether oxygens (including phenoxy) is 1. The van der Waals surface area contributed by atoms with E-state index in [1.54, 1.807) is 0 Å². The molecule has 1 aromatic rings. The van der Waals surface area contributed by atoms with Gasteiger partial charge in [0, 0.05) is 6.42 Å². The van der Waals surface area contributed by atoms with Crippen molar-refractivity contribution >= 4 is 5.84 Å². The summed E-state index contributed by atoms with van der Waals surface area (Å²) in [5, 5.41) is 7.04. The number of benzene rings is 1. The Kier molecular flexibility index (Phi) is 3.98. The Morgan fingerprint density at radius 2 is 2.29 bits per heavy atom. The lowest BCUT2D eigenvalue weighted by Crippen LogP contribution is -2.13. The molecule has 76 valence electrons. The molecule has 14 heavy (non-hydrogen) atoms. The van der Waals surface area contributed by atoms with Gasteiger partial charge in [0.1, 0.15) is 5.75 Å². The fourth-order valence-electron chi connectivity index (χ4n) is 1.13. The molecule has 0 saturated heterocycles. The van der Waals surface area contributed by atoms with Crippen LogP contribution in [-0.2, 0) is 6.42 Å². The molecule has 0 aliphatic rings. The minimum Gasteiger partial charge on any atom is -0.493 e. The summed E-state index contributed by atoms with van der Waals surface area (Å²) in [6, 6.07) is 7.97. The Hall–Kier alpha value is -1.51. The van der Waals surface area contributed by atoms with Crippen LogP contribution in [0.4, 0.5) is 0 Å². The molecule has 0 unspecified atom stereocenters. The smallest absolute Gasteiger partial charge is 0.119 e. The second-order valence-corrected chi connectivity index (χ2v) is 3.12. The molecule has 0 atom stereocenters. The highest BCUT2D eigenvalue weighted by atomic mass is 16.5. The molecular weight excluding hydrogens is 176 g/mol. The third-order valence-corrected chi connectivity index (χ3v) is 1.95. The summed E-state index contributed by atoms with van der Waals surface area (Å²) < 4.78 is 5.44. The third-order valence-electron chi connectivity index (χ3n) is 1.95. The molecule has 0 radical (unpaired) electrons. The molecule has 0 amide bonds. The van der Waals surface area contributed by atoms with Crippen LogP contribution >= 0.6 is 0 Å². The van der Waals surface area contributed by atoms with E-state index < -0.39 is 0 Å². The Labute approximate surface area is 84.4 Å². The van der Waals surface area contributed by atoms with E-state index in [1.807, 2.05) is 18.2 Å². The number of hydrogen-bond donors (Lipinski definition) is 2. The average molecular weight is 192 g/mol. The Morgan fingerprint density at radius 3 is 2.93 bits per heavy atom.